The Morgan fingerprint density at radius 3 is 0.698 bits per heavy atom. The van der Waals surface area contributed by atoms with E-state index >= 15 is 0 Å². The summed E-state index contributed by atoms with van der Waals surface area (Å²) >= 11 is 0. The summed E-state index contributed by atoms with van der Waals surface area (Å²) in [4.78, 5) is 24.7. The number of aliphatic hydroxyl groups is 1. The predicted octanol–water partition coefficient (Wildman–Crippen LogP) is 27.2. The maximum absolute atomic E-state index is 12.4. The van der Waals surface area contributed by atoms with Crippen molar-refractivity contribution in [2.24, 2.45) is 0 Å². The summed E-state index contributed by atoms with van der Waals surface area (Å²) in [6.07, 6.45) is 106. The Hall–Kier alpha value is -2.40. The summed E-state index contributed by atoms with van der Waals surface area (Å²) in [7, 11) is 0. The van der Waals surface area contributed by atoms with Gasteiger partial charge in [0, 0.05) is 12.8 Å². The summed E-state index contributed by atoms with van der Waals surface area (Å²) in [6.45, 7) is 4.18. The van der Waals surface area contributed by atoms with Gasteiger partial charge in [-0.1, -0.05) is 389 Å². The van der Waals surface area contributed by atoms with Crippen LogP contribution in [0.1, 0.15) is 425 Å². The Kier molecular flexibility index (Phi) is 74.7. The Morgan fingerprint density at radius 1 is 0.267 bits per heavy atom. The zero-order valence-electron chi connectivity index (χ0n) is 58.1. The van der Waals surface area contributed by atoms with E-state index < -0.39 is 6.10 Å². The molecule has 1 atom stereocenters. The van der Waals surface area contributed by atoms with Crippen LogP contribution in [-0.4, -0.2) is 36.4 Å². The third-order valence-corrected chi connectivity index (χ3v) is 17.8. The molecule has 0 aromatic heterocycles. The summed E-state index contributed by atoms with van der Waals surface area (Å²) in [5.74, 6) is -0.568. The third kappa shape index (κ3) is 74.1. The van der Waals surface area contributed by atoms with E-state index in [0.29, 0.717) is 12.8 Å². The van der Waals surface area contributed by atoms with Gasteiger partial charge in [-0.3, -0.25) is 9.59 Å². The van der Waals surface area contributed by atoms with E-state index in [1.54, 1.807) is 0 Å². The number of esters is 2. The second-order valence-corrected chi connectivity index (χ2v) is 26.4. The number of carbonyl (C=O) groups is 2. The number of hydrogen-bond donors (Lipinski definition) is 1. The molecule has 0 rings (SSSR count). The van der Waals surface area contributed by atoms with Crippen LogP contribution in [-0.2, 0) is 19.1 Å². The Bertz CT molecular complexity index is 1460. The van der Waals surface area contributed by atoms with Gasteiger partial charge in [-0.05, 0) is 83.5 Å². The maximum atomic E-state index is 12.4. The van der Waals surface area contributed by atoms with Gasteiger partial charge in [0.1, 0.15) is 6.61 Å². The number of allylic oxidation sites excluding steroid dienone is 10. The van der Waals surface area contributed by atoms with Crippen LogP contribution in [0.25, 0.3) is 0 Å². The van der Waals surface area contributed by atoms with Crippen LogP contribution >= 0.6 is 0 Å². The first kappa shape index (κ1) is 83.6. The highest BCUT2D eigenvalue weighted by Gasteiger charge is 2.16. The molecule has 0 saturated heterocycles. The van der Waals surface area contributed by atoms with Crippen LogP contribution in [0.5, 0.6) is 0 Å². The van der Waals surface area contributed by atoms with Gasteiger partial charge >= 0.3 is 11.9 Å². The first-order valence-electron chi connectivity index (χ1n) is 38.8. The Labute approximate surface area is 538 Å². The minimum atomic E-state index is -0.773. The van der Waals surface area contributed by atoms with Gasteiger partial charge in [-0.15, -0.1) is 0 Å². The van der Waals surface area contributed by atoms with Crippen LogP contribution in [0.3, 0.4) is 0 Å². The lowest BCUT2D eigenvalue weighted by Crippen LogP contribution is -2.28. The average Bonchev–Trinajstić information content (AvgIpc) is 3.55. The molecule has 0 saturated carbocycles. The monoisotopic (exact) mass is 1200 g/mol. The number of hydrogen-bond acceptors (Lipinski definition) is 5. The molecule has 0 amide bonds. The lowest BCUT2D eigenvalue weighted by atomic mass is 10.0. The number of ether oxygens (including phenoxy) is 2. The molecule has 0 aromatic rings. The molecule has 0 aliphatic carbocycles. The number of unbranched alkanes of at least 4 members (excludes halogenated alkanes) is 55. The highest BCUT2D eigenvalue weighted by atomic mass is 16.6. The molecule has 1 N–H and O–H groups in total. The first-order chi connectivity index (χ1) is 42.6. The molecule has 86 heavy (non-hydrogen) atoms. The molecule has 0 spiro atoms. The van der Waals surface area contributed by atoms with E-state index in [2.05, 4.69) is 74.6 Å². The van der Waals surface area contributed by atoms with Crippen molar-refractivity contribution in [1.29, 1.82) is 0 Å². The summed E-state index contributed by atoms with van der Waals surface area (Å²) < 4.78 is 10.8. The zero-order valence-corrected chi connectivity index (χ0v) is 58.1. The van der Waals surface area contributed by atoms with Crippen molar-refractivity contribution >= 4 is 11.9 Å². The molecule has 5 nitrogen and oxygen atoms in total. The number of carbonyl (C=O) groups excluding carboxylic acids is 2. The predicted molar refractivity (Wildman–Crippen MR) is 380 cm³/mol. The fraction of sp³-hybridized carbons (Fsp3) is 0.852. The molecule has 0 bridgehead atoms. The van der Waals surface area contributed by atoms with Crippen molar-refractivity contribution in [2.75, 3.05) is 13.2 Å². The zero-order chi connectivity index (χ0) is 61.9. The van der Waals surface area contributed by atoms with E-state index in [-0.39, 0.29) is 25.2 Å². The second kappa shape index (κ2) is 76.8. The van der Waals surface area contributed by atoms with Gasteiger partial charge in [0.25, 0.3) is 0 Å². The number of rotatable bonds is 73. The van der Waals surface area contributed by atoms with Gasteiger partial charge in [0.15, 0.2) is 6.10 Å². The van der Waals surface area contributed by atoms with Gasteiger partial charge in [0.2, 0.25) is 0 Å². The Balaban J connectivity index is 3.37. The second-order valence-electron chi connectivity index (χ2n) is 26.4. The lowest BCUT2D eigenvalue weighted by molar-refractivity contribution is -0.161. The highest BCUT2D eigenvalue weighted by Crippen LogP contribution is 2.19. The van der Waals surface area contributed by atoms with Crippen LogP contribution in [0.2, 0.25) is 0 Å². The van der Waals surface area contributed by atoms with E-state index in [0.717, 1.165) is 51.4 Å². The molecule has 0 heterocycles. The fourth-order valence-electron chi connectivity index (χ4n) is 12.0. The molecule has 0 radical (unpaired) electrons. The molecule has 0 fully saturated rings. The van der Waals surface area contributed by atoms with Crippen LogP contribution in [0.4, 0.5) is 0 Å². The molecule has 504 valence electrons. The van der Waals surface area contributed by atoms with Gasteiger partial charge in [-0.25, -0.2) is 0 Å². The van der Waals surface area contributed by atoms with E-state index in [9.17, 15) is 14.7 Å². The molecule has 0 aliphatic heterocycles. The van der Waals surface area contributed by atoms with Crippen molar-refractivity contribution in [3.8, 4) is 0 Å². The standard InChI is InChI=1S/C81H150O5/c1-3-5-7-9-11-13-15-17-19-21-23-25-27-29-31-33-35-36-37-38-39-40-41-42-43-44-46-47-49-51-53-55-57-59-61-63-65-67-69-71-73-75-80(83)85-78-79(77-82)86-81(84)76-74-72-70-68-66-64-62-60-58-56-54-52-50-48-45-34-32-30-28-26-24-22-20-18-16-14-12-10-8-6-4-2/h15-18,21-24,28,30,79,82H,3-14,19-20,25-27,29,31-78H2,1-2H3/b17-15-,18-16-,23-21-,24-22-,30-28-. The summed E-state index contributed by atoms with van der Waals surface area (Å²) in [5.41, 5.74) is 0. The van der Waals surface area contributed by atoms with E-state index in [4.69, 9.17) is 9.47 Å². The average molecular weight is 1200 g/mol. The van der Waals surface area contributed by atoms with Crippen molar-refractivity contribution < 1.29 is 24.2 Å². The van der Waals surface area contributed by atoms with E-state index in [1.165, 1.54) is 347 Å². The van der Waals surface area contributed by atoms with Crippen molar-refractivity contribution in [2.45, 2.75) is 431 Å². The molecule has 0 aliphatic rings. The van der Waals surface area contributed by atoms with Gasteiger partial charge in [-0.2, -0.15) is 0 Å². The van der Waals surface area contributed by atoms with Crippen molar-refractivity contribution in [1.82, 2.24) is 0 Å². The maximum Gasteiger partial charge on any atom is 0.306 e. The van der Waals surface area contributed by atoms with Crippen LogP contribution < -0.4 is 0 Å². The van der Waals surface area contributed by atoms with Crippen molar-refractivity contribution in [3.63, 3.8) is 0 Å². The summed E-state index contributed by atoms with van der Waals surface area (Å²) in [5, 5.41) is 9.72. The smallest absolute Gasteiger partial charge is 0.306 e. The molecule has 1 unspecified atom stereocenters. The van der Waals surface area contributed by atoms with Gasteiger partial charge in [0.05, 0.1) is 6.61 Å². The lowest BCUT2D eigenvalue weighted by Gasteiger charge is -2.15. The van der Waals surface area contributed by atoms with E-state index in [1.807, 2.05) is 0 Å². The van der Waals surface area contributed by atoms with Crippen LogP contribution in [0.15, 0.2) is 60.8 Å². The largest absolute Gasteiger partial charge is 0.462 e. The topological polar surface area (TPSA) is 72.8 Å². The van der Waals surface area contributed by atoms with Crippen molar-refractivity contribution in [3.05, 3.63) is 60.8 Å². The minimum absolute atomic E-state index is 0.0610. The Morgan fingerprint density at radius 2 is 0.465 bits per heavy atom. The quantitative estimate of drug-likeness (QED) is 0.0373. The molecular formula is C81H150O5. The SMILES string of the molecule is CCCCCCC/C=C\C/C=C\C/C=C\CCCCCCCCCCCCCCCCCCC(=O)OC(CO)COC(=O)CCCCCCCCCCCCCCCCCCCCCCCCCCCCCCC/C=C\C/C=C\CCCCCCC. The minimum Gasteiger partial charge on any atom is -0.462 e. The molecule has 5 heteroatoms. The third-order valence-electron chi connectivity index (χ3n) is 17.8. The fourth-order valence-corrected chi connectivity index (χ4v) is 12.0. The van der Waals surface area contributed by atoms with Gasteiger partial charge < -0.3 is 14.6 Å². The molecular weight excluding hydrogens is 1050 g/mol. The number of aliphatic hydroxyl groups excluding tert-OH is 1. The summed E-state index contributed by atoms with van der Waals surface area (Å²) in [6, 6.07) is 0. The highest BCUT2D eigenvalue weighted by molar-refractivity contribution is 5.70. The normalized spacial score (nSPS) is 12.5. The first-order valence-corrected chi connectivity index (χ1v) is 38.8. The molecule has 0 aromatic carbocycles. The van der Waals surface area contributed by atoms with Crippen LogP contribution in [0, 0.1) is 0 Å².